The van der Waals surface area contributed by atoms with Gasteiger partial charge in [0.1, 0.15) is 11.4 Å². The molecule has 4 heteroatoms. The van der Waals surface area contributed by atoms with Gasteiger partial charge in [0.15, 0.2) is 5.78 Å². The Hall–Kier alpha value is -1.51. The van der Waals surface area contributed by atoms with Crippen molar-refractivity contribution in [1.82, 2.24) is 0 Å². The Balaban J connectivity index is 1.97. The summed E-state index contributed by atoms with van der Waals surface area (Å²) in [5.41, 5.74) is 1.95. The van der Waals surface area contributed by atoms with Crippen LogP contribution in [0.2, 0.25) is 10.0 Å². The SMILES string of the molecule is CC1(C)Cc2cc(C(=O)c3cc(Cl)cc(Cl)c3)ccc2O1. The molecule has 1 aliphatic rings. The predicted octanol–water partition coefficient (Wildman–Crippen LogP) is 4.94. The van der Waals surface area contributed by atoms with Gasteiger partial charge in [0.2, 0.25) is 0 Å². The molecule has 108 valence electrons. The first kappa shape index (κ1) is 14.4. The molecule has 21 heavy (non-hydrogen) atoms. The van der Waals surface area contributed by atoms with Crippen LogP contribution in [0.5, 0.6) is 5.75 Å². The van der Waals surface area contributed by atoms with Crippen molar-refractivity contribution in [2.45, 2.75) is 25.9 Å². The van der Waals surface area contributed by atoms with Crippen molar-refractivity contribution in [2.75, 3.05) is 0 Å². The summed E-state index contributed by atoms with van der Waals surface area (Å²) < 4.78 is 5.82. The highest BCUT2D eigenvalue weighted by Gasteiger charge is 2.30. The van der Waals surface area contributed by atoms with Gasteiger partial charge in [0.25, 0.3) is 0 Å². The topological polar surface area (TPSA) is 26.3 Å². The first-order chi connectivity index (χ1) is 9.84. The zero-order chi connectivity index (χ0) is 15.2. The third-order valence-corrected chi connectivity index (χ3v) is 3.89. The molecule has 0 amide bonds. The minimum atomic E-state index is -0.219. The van der Waals surface area contributed by atoms with Crippen LogP contribution in [0.15, 0.2) is 36.4 Å². The van der Waals surface area contributed by atoms with Gasteiger partial charge < -0.3 is 4.74 Å². The van der Waals surface area contributed by atoms with Gasteiger partial charge in [-0.1, -0.05) is 23.2 Å². The van der Waals surface area contributed by atoms with Crippen LogP contribution < -0.4 is 4.74 Å². The molecule has 0 aromatic heterocycles. The molecule has 0 spiro atoms. The molecule has 0 saturated heterocycles. The quantitative estimate of drug-likeness (QED) is 0.733. The first-order valence-electron chi connectivity index (χ1n) is 6.67. The highest BCUT2D eigenvalue weighted by atomic mass is 35.5. The predicted molar refractivity (Wildman–Crippen MR) is 84.7 cm³/mol. The van der Waals surface area contributed by atoms with E-state index in [1.54, 1.807) is 24.3 Å². The zero-order valence-corrected chi connectivity index (χ0v) is 13.3. The van der Waals surface area contributed by atoms with Gasteiger partial charge in [-0.25, -0.2) is 0 Å². The summed E-state index contributed by atoms with van der Waals surface area (Å²) in [4.78, 5) is 12.6. The van der Waals surface area contributed by atoms with E-state index in [1.807, 2.05) is 26.0 Å². The Kier molecular flexibility index (Phi) is 3.46. The van der Waals surface area contributed by atoms with Crippen LogP contribution in [-0.2, 0) is 6.42 Å². The lowest BCUT2D eigenvalue weighted by molar-refractivity contribution is 0.103. The van der Waals surface area contributed by atoms with Crippen LogP contribution in [0, 0.1) is 0 Å². The molecule has 0 atom stereocenters. The highest BCUT2D eigenvalue weighted by molar-refractivity contribution is 6.35. The number of carbonyl (C=O) groups is 1. The number of ketones is 1. The van der Waals surface area contributed by atoms with Gasteiger partial charge in [-0.3, -0.25) is 4.79 Å². The molecule has 1 heterocycles. The van der Waals surface area contributed by atoms with Crippen molar-refractivity contribution in [3.8, 4) is 5.75 Å². The van der Waals surface area contributed by atoms with Gasteiger partial charge in [0, 0.05) is 27.6 Å². The van der Waals surface area contributed by atoms with Gasteiger partial charge in [-0.05, 0) is 55.8 Å². The van der Waals surface area contributed by atoms with Gasteiger partial charge in [0.05, 0.1) is 0 Å². The smallest absolute Gasteiger partial charge is 0.193 e. The van der Waals surface area contributed by atoms with Crippen LogP contribution in [0.3, 0.4) is 0 Å². The van der Waals surface area contributed by atoms with E-state index in [1.165, 1.54) is 0 Å². The Bertz CT molecular complexity index is 715. The number of benzene rings is 2. The summed E-state index contributed by atoms with van der Waals surface area (Å²) in [5, 5.41) is 0.910. The fourth-order valence-corrected chi connectivity index (χ4v) is 3.13. The second kappa shape index (κ2) is 5.04. The summed E-state index contributed by atoms with van der Waals surface area (Å²) in [5.74, 6) is 0.757. The molecular formula is C17H14Cl2O2. The Labute approximate surface area is 133 Å². The maximum atomic E-state index is 12.6. The van der Waals surface area contributed by atoms with Crippen LogP contribution in [-0.4, -0.2) is 11.4 Å². The molecule has 0 saturated carbocycles. The summed E-state index contributed by atoms with van der Waals surface area (Å²) in [6.45, 7) is 4.07. The maximum absolute atomic E-state index is 12.6. The lowest BCUT2D eigenvalue weighted by Gasteiger charge is -2.16. The molecule has 0 bridgehead atoms. The molecular weight excluding hydrogens is 307 g/mol. The normalized spacial score (nSPS) is 15.4. The minimum Gasteiger partial charge on any atom is -0.487 e. The van der Waals surface area contributed by atoms with Gasteiger partial charge in [-0.15, -0.1) is 0 Å². The molecule has 2 nitrogen and oxygen atoms in total. The lowest BCUT2D eigenvalue weighted by atomic mass is 9.97. The van der Waals surface area contributed by atoms with Crippen molar-refractivity contribution in [3.63, 3.8) is 0 Å². The van der Waals surface area contributed by atoms with E-state index in [0.29, 0.717) is 21.2 Å². The van der Waals surface area contributed by atoms with Crippen LogP contribution >= 0.6 is 23.2 Å². The maximum Gasteiger partial charge on any atom is 0.193 e. The fourth-order valence-electron chi connectivity index (χ4n) is 2.60. The molecule has 2 aromatic rings. The molecule has 0 unspecified atom stereocenters. The van der Waals surface area contributed by atoms with E-state index >= 15 is 0 Å². The summed E-state index contributed by atoms with van der Waals surface area (Å²) in [6, 6.07) is 10.4. The second-order valence-electron chi connectivity index (χ2n) is 5.85. The number of hydrogen-bond donors (Lipinski definition) is 0. The number of halogens is 2. The zero-order valence-electron chi connectivity index (χ0n) is 11.7. The van der Waals surface area contributed by atoms with Crippen molar-refractivity contribution in [3.05, 3.63) is 63.1 Å². The van der Waals surface area contributed by atoms with Gasteiger partial charge >= 0.3 is 0 Å². The third kappa shape index (κ3) is 2.92. The number of carbonyl (C=O) groups excluding carboxylic acids is 1. The number of ether oxygens (including phenoxy) is 1. The average Bonchev–Trinajstić information content (AvgIpc) is 2.69. The monoisotopic (exact) mass is 320 g/mol. The molecule has 1 aliphatic heterocycles. The Morgan fingerprint density at radius 2 is 1.71 bits per heavy atom. The minimum absolute atomic E-state index is 0.0908. The summed E-state index contributed by atoms with van der Waals surface area (Å²) >= 11 is 11.9. The van der Waals surface area contributed by atoms with Crippen LogP contribution in [0.25, 0.3) is 0 Å². The molecule has 0 fully saturated rings. The fraction of sp³-hybridized carbons (Fsp3) is 0.235. The molecule has 0 N–H and O–H groups in total. The Morgan fingerprint density at radius 1 is 1.05 bits per heavy atom. The first-order valence-corrected chi connectivity index (χ1v) is 7.42. The van der Waals surface area contributed by atoms with E-state index < -0.39 is 0 Å². The third-order valence-electron chi connectivity index (χ3n) is 3.45. The molecule has 0 aliphatic carbocycles. The van der Waals surface area contributed by atoms with Crippen molar-refractivity contribution >= 4 is 29.0 Å². The van der Waals surface area contributed by atoms with Crippen molar-refractivity contribution < 1.29 is 9.53 Å². The van der Waals surface area contributed by atoms with Crippen LogP contribution in [0.1, 0.15) is 35.3 Å². The van der Waals surface area contributed by atoms with E-state index in [2.05, 4.69) is 0 Å². The van der Waals surface area contributed by atoms with E-state index in [0.717, 1.165) is 17.7 Å². The highest BCUT2D eigenvalue weighted by Crippen LogP contribution is 2.35. The molecule has 2 aromatic carbocycles. The average molecular weight is 321 g/mol. The Morgan fingerprint density at radius 3 is 2.38 bits per heavy atom. The largest absolute Gasteiger partial charge is 0.487 e. The van der Waals surface area contributed by atoms with E-state index in [-0.39, 0.29) is 11.4 Å². The number of fused-ring (bicyclic) bond motifs is 1. The van der Waals surface area contributed by atoms with Crippen molar-refractivity contribution in [2.24, 2.45) is 0 Å². The molecule has 0 radical (unpaired) electrons. The van der Waals surface area contributed by atoms with Gasteiger partial charge in [-0.2, -0.15) is 0 Å². The number of hydrogen-bond acceptors (Lipinski definition) is 2. The van der Waals surface area contributed by atoms with Crippen molar-refractivity contribution in [1.29, 1.82) is 0 Å². The summed E-state index contributed by atoms with van der Waals surface area (Å²) in [6.07, 6.45) is 0.791. The molecule has 3 rings (SSSR count). The number of rotatable bonds is 2. The van der Waals surface area contributed by atoms with E-state index in [9.17, 15) is 4.79 Å². The lowest BCUT2D eigenvalue weighted by Crippen LogP contribution is -2.24. The standard InChI is InChI=1S/C17H14Cl2O2/c1-17(2)9-12-5-10(3-4-15(12)21-17)16(20)11-6-13(18)8-14(19)7-11/h3-8H,9H2,1-2H3. The van der Waals surface area contributed by atoms with E-state index in [4.69, 9.17) is 27.9 Å². The van der Waals surface area contributed by atoms with Crippen LogP contribution in [0.4, 0.5) is 0 Å². The summed E-state index contributed by atoms with van der Waals surface area (Å²) in [7, 11) is 0. The second-order valence-corrected chi connectivity index (χ2v) is 6.72.